The molecule has 1 N–H and O–H groups in total. The molecular weight excluding hydrogens is 204 g/mol. The van der Waals surface area contributed by atoms with Crippen LogP contribution < -0.4 is 5.43 Å². The van der Waals surface area contributed by atoms with E-state index in [4.69, 9.17) is 0 Å². The summed E-state index contributed by atoms with van der Waals surface area (Å²) in [6, 6.07) is 6.91. The second kappa shape index (κ2) is 5.21. The number of ketones is 2. The van der Waals surface area contributed by atoms with E-state index in [9.17, 15) is 9.59 Å². The van der Waals surface area contributed by atoms with Crippen LogP contribution in [0.1, 0.15) is 31.1 Å². The summed E-state index contributed by atoms with van der Waals surface area (Å²) in [5.74, 6) is -0.0529. The first kappa shape index (κ1) is 12.1. The standard InChI is InChI=1S/C12H14N2O2/c1-8(9(2)15)13-14-12-6-4-11(5-7-12)10(3)16/h4-7,14H,1-3H3. The third-order valence-corrected chi connectivity index (χ3v) is 2.15. The molecule has 0 fully saturated rings. The monoisotopic (exact) mass is 218 g/mol. The molecule has 0 aromatic heterocycles. The highest BCUT2D eigenvalue weighted by atomic mass is 16.1. The number of carbonyl (C=O) groups excluding carboxylic acids is 2. The van der Waals surface area contributed by atoms with Crippen LogP contribution >= 0.6 is 0 Å². The molecule has 1 aromatic rings. The van der Waals surface area contributed by atoms with Crippen LogP contribution in [0.4, 0.5) is 5.69 Å². The SMILES string of the molecule is CC(=O)C(C)=NNc1ccc(C(C)=O)cc1. The summed E-state index contributed by atoms with van der Waals surface area (Å²) >= 11 is 0. The van der Waals surface area contributed by atoms with Crippen molar-refractivity contribution in [3.05, 3.63) is 29.8 Å². The molecule has 84 valence electrons. The predicted octanol–water partition coefficient (Wildman–Crippen LogP) is 2.27. The van der Waals surface area contributed by atoms with Crippen LogP contribution in [0.15, 0.2) is 29.4 Å². The van der Waals surface area contributed by atoms with Crippen molar-refractivity contribution in [2.75, 3.05) is 5.43 Å². The molecule has 0 aliphatic rings. The average Bonchev–Trinajstić information content (AvgIpc) is 2.26. The Hall–Kier alpha value is -1.97. The van der Waals surface area contributed by atoms with Gasteiger partial charge in [-0.1, -0.05) is 0 Å². The van der Waals surface area contributed by atoms with Gasteiger partial charge in [-0.15, -0.1) is 0 Å². The Kier molecular flexibility index (Phi) is 3.94. The van der Waals surface area contributed by atoms with Crippen LogP contribution in [-0.2, 0) is 4.79 Å². The van der Waals surface area contributed by atoms with Crippen LogP contribution in [-0.4, -0.2) is 17.3 Å². The van der Waals surface area contributed by atoms with E-state index < -0.39 is 0 Å². The third-order valence-electron chi connectivity index (χ3n) is 2.15. The average molecular weight is 218 g/mol. The maximum absolute atomic E-state index is 11.0. The van der Waals surface area contributed by atoms with E-state index >= 15 is 0 Å². The van der Waals surface area contributed by atoms with Gasteiger partial charge in [-0.2, -0.15) is 5.10 Å². The first-order chi connectivity index (χ1) is 7.50. The smallest absolute Gasteiger partial charge is 0.175 e. The van der Waals surface area contributed by atoms with Gasteiger partial charge in [0.05, 0.1) is 5.69 Å². The normalized spacial score (nSPS) is 11.1. The molecule has 0 unspecified atom stereocenters. The third kappa shape index (κ3) is 3.31. The lowest BCUT2D eigenvalue weighted by Crippen LogP contribution is -2.07. The topological polar surface area (TPSA) is 58.5 Å². The van der Waals surface area contributed by atoms with Crippen molar-refractivity contribution in [2.24, 2.45) is 5.10 Å². The molecule has 1 aromatic carbocycles. The Balaban J connectivity index is 2.73. The largest absolute Gasteiger partial charge is 0.295 e. The Morgan fingerprint density at radius 2 is 1.62 bits per heavy atom. The maximum Gasteiger partial charge on any atom is 0.175 e. The van der Waals surface area contributed by atoms with Crippen LogP contribution in [0, 0.1) is 0 Å². The van der Waals surface area contributed by atoms with Crippen molar-refractivity contribution in [1.82, 2.24) is 0 Å². The Morgan fingerprint density at radius 1 is 1.06 bits per heavy atom. The first-order valence-corrected chi connectivity index (χ1v) is 4.93. The molecule has 0 aliphatic carbocycles. The maximum atomic E-state index is 11.0. The van der Waals surface area contributed by atoms with Gasteiger partial charge in [-0.3, -0.25) is 15.0 Å². The van der Waals surface area contributed by atoms with E-state index in [1.165, 1.54) is 13.8 Å². The van der Waals surface area contributed by atoms with Crippen LogP contribution in [0.25, 0.3) is 0 Å². The van der Waals surface area contributed by atoms with E-state index in [0.717, 1.165) is 5.69 Å². The minimum Gasteiger partial charge on any atom is -0.295 e. The van der Waals surface area contributed by atoms with E-state index in [1.807, 2.05) is 0 Å². The summed E-state index contributed by atoms with van der Waals surface area (Å²) in [6.45, 7) is 4.61. The van der Waals surface area contributed by atoms with Crippen molar-refractivity contribution in [2.45, 2.75) is 20.8 Å². The zero-order valence-corrected chi connectivity index (χ0v) is 9.57. The van der Waals surface area contributed by atoms with Crippen molar-refractivity contribution < 1.29 is 9.59 Å². The second-order valence-electron chi connectivity index (χ2n) is 3.50. The van der Waals surface area contributed by atoms with Gasteiger partial charge >= 0.3 is 0 Å². The highest BCUT2D eigenvalue weighted by Gasteiger charge is 1.99. The van der Waals surface area contributed by atoms with Crippen molar-refractivity contribution in [3.8, 4) is 0 Å². The summed E-state index contributed by atoms with van der Waals surface area (Å²) in [7, 11) is 0. The van der Waals surface area contributed by atoms with Crippen LogP contribution in [0.5, 0.6) is 0 Å². The molecule has 0 amide bonds. The summed E-state index contributed by atoms with van der Waals surface area (Å²) in [5.41, 5.74) is 4.55. The van der Waals surface area contributed by atoms with E-state index in [2.05, 4.69) is 10.5 Å². The molecule has 0 saturated heterocycles. The van der Waals surface area contributed by atoms with Gasteiger partial charge in [-0.25, -0.2) is 0 Å². The number of benzene rings is 1. The fourth-order valence-corrected chi connectivity index (χ4v) is 1.01. The van der Waals surface area contributed by atoms with Crippen LogP contribution in [0.3, 0.4) is 0 Å². The minimum absolute atomic E-state index is 0.0231. The van der Waals surface area contributed by atoms with Gasteiger partial charge < -0.3 is 0 Å². The fraction of sp³-hybridized carbons (Fsp3) is 0.250. The van der Waals surface area contributed by atoms with Gasteiger partial charge in [0.2, 0.25) is 0 Å². The highest BCUT2D eigenvalue weighted by molar-refractivity contribution is 6.38. The lowest BCUT2D eigenvalue weighted by Gasteiger charge is -2.02. The molecular formula is C12H14N2O2. The summed E-state index contributed by atoms with van der Waals surface area (Å²) < 4.78 is 0. The molecule has 0 bridgehead atoms. The Bertz CT molecular complexity index is 433. The van der Waals surface area contributed by atoms with E-state index in [1.54, 1.807) is 31.2 Å². The van der Waals surface area contributed by atoms with Crippen molar-refractivity contribution >= 4 is 23.0 Å². The summed E-state index contributed by atoms with van der Waals surface area (Å²) in [4.78, 5) is 21.9. The number of hydrogen-bond donors (Lipinski definition) is 1. The lowest BCUT2D eigenvalue weighted by molar-refractivity contribution is -0.111. The van der Waals surface area contributed by atoms with E-state index in [0.29, 0.717) is 11.3 Å². The Labute approximate surface area is 94.4 Å². The molecule has 0 heterocycles. The molecule has 0 aliphatic heterocycles. The zero-order valence-electron chi connectivity index (χ0n) is 9.57. The van der Waals surface area contributed by atoms with Crippen molar-refractivity contribution in [3.63, 3.8) is 0 Å². The molecule has 0 spiro atoms. The number of hydrogen-bond acceptors (Lipinski definition) is 4. The van der Waals surface area contributed by atoms with Crippen LogP contribution in [0.2, 0.25) is 0 Å². The van der Waals surface area contributed by atoms with Gasteiger partial charge in [-0.05, 0) is 38.1 Å². The first-order valence-electron chi connectivity index (χ1n) is 4.93. The predicted molar refractivity (Wildman–Crippen MR) is 63.9 cm³/mol. The molecule has 0 atom stereocenters. The molecule has 0 radical (unpaired) electrons. The molecule has 16 heavy (non-hydrogen) atoms. The minimum atomic E-state index is -0.0761. The van der Waals surface area contributed by atoms with Gasteiger partial charge in [0.15, 0.2) is 11.6 Å². The molecule has 1 rings (SSSR count). The zero-order chi connectivity index (χ0) is 12.1. The number of anilines is 1. The van der Waals surface area contributed by atoms with Gasteiger partial charge in [0.1, 0.15) is 5.71 Å². The van der Waals surface area contributed by atoms with Crippen molar-refractivity contribution in [1.29, 1.82) is 0 Å². The number of rotatable bonds is 4. The number of nitrogens with zero attached hydrogens (tertiary/aromatic N) is 1. The summed E-state index contributed by atoms with van der Waals surface area (Å²) in [5, 5.41) is 3.90. The quantitative estimate of drug-likeness (QED) is 0.479. The molecule has 4 nitrogen and oxygen atoms in total. The lowest BCUT2D eigenvalue weighted by atomic mass is 10.1. The summed E-state index contributed by atoms with van der Waals surface area (Å²) in [6.07, 6.45) is 0. The number of Topliss-reactive ketones (excluding diaryl/α,β-unsaturated/α-hetero) is 2. The van der Waals surface area contributed by atoms with Gasteiger partial charge in [0.25, 0.3) is 0 Å². The molecule has 4 heteroatoms. The number of carbonyl (C=O) groups is 2. The van der Waals surface area contributed by atoms with Gasteiger partial charge in [0, 0.05) is 12.5 Å². The number of hydrazone groups is 1. The van der Waals surface area contributed by atoms with E-state index in [-0.39, 0.29) is 11.6 Å². The molecule has 0 saturated carbocycles. The highest BCUT2D eigenvalue weighted by Crippen LogP contribution is 2.09. The fourth-order valence-electron chi connectivity index (χ4n) is 1.01. The second-order valence-corrected chi connectivity index (χ2v) is 3.50. The number of nitrogens with one attached hydrogen (secondary N) is 1. The Morgan fingerprint density at radius 3 is 2.06 bits per heavy atom.